The standard InChI is InChI=1S/C14H15ClN2/c15-8-12-3-5-13(6-4-12)9-17-11-14-2-1-7-16-10-14/h1-7,10,17H,8-9,11H2. The van der Waals surface area contributed by atoms with Crippen molar-refractivity contribution < 1.29 is 0 Å². The summed E-state index contributed by atoms with van der Waals surface area (Å²) < 4.78 is 0. The molecule has 2 rings (SSSR count). The molecule has 88 valence electrons. The minimum Gasteiger partial charge on any atom is -0.309 e. The number of pyridine rings is 1. The summed E-state index contributed by atoms with van der Waals surface area (Å²) in [5, 5.41) is 3.38. The van der Waals surface area contributed by atoms with Crippen LogP contribution >= 0.6 is 11.6 Å². The van der Waals surface area contributed by atoms with E-state index in [0.717, 1.165) is 18.7 Å². The number of nitrogens with zero attached hydrogens (tertiary/aromatic N) is 1. The van der Waals surface area contributed by atoms with Gasteiger partial charge in [0.1, 0.15) is 0 Å². The maximum Gasteiger partial charge on any atom is 0.0474 e. The van der Waals surface area contributed by atoms with Gasteiger partial charge < -0.3 is 5.32 Å². The Kier molecular flexibility index (Phi) is 4.54. The van der Waals surface area contributed by atoms with Gasteiger partial charge in [-0.3, -0.25) is 4.98 Å². The van der Waals surface area contributed by atoms with E-state index in [9.17, 15) is 0 Å². The van der Waals surface area contributed by atoms with Crippen LogP contribution in [0.15, 0.2) is 48.8 Å². The number of hydrogen-bond acceptors (Lipinski definition) is 2. The fourth-order valence-electron chi connectivity index (χ4n) is 1.60. The number of halogens is 1. The van der Waals surface area contributed by atoms with Gasteiger partial charge in [0.25, 0.3) is 0 Å². The number of nitrogens with one attached hydrogen (secondary N) is 1. The third-order valence-electron chi connectivity index (χ3n) is 2.56. The molecule has 0 atom stereocenters. The summed E-state index contributed by atoms with van der Waals surface area (Å²) in [5.74, 6) is 0.573. The van der Waals surface area contributed by atoms with Crippen LogP contribution in [0.2, 0.25) is 0 Å². The molecule has 0 amide bonds. The van der Waals surface area contributed by atoms with Crippen LogP contribution in [0, 0.1) is 0 Å². The summed E-state index contributed by atoms with van der Waals surface area (Å²) in [5.41, 5.74) is 3.62. The Hall–Kier alpha value is -1.38. The Morgan fingerprint density at radius 3 is 2.29 bits per heavy atom. The van der Waals surface area contributed by atoms with Crippen LogP contribution in [0.3, 0.4) is 0 Å². The number of alkyl halides is 1. The summed E-state index contributed by atoms with van der Waals surface area (Å²) in [6.07, 6.45) is 3.66. The highest BCUT2D eigenvalue weighted by molar-refractivity contribution is 6.17. The van der Waals surface area contributed by atoms with Gasteiger partial charge in [-0.2, -0.15) is 0 Å². The van der Waals surface area contributed by atoms with Crippen molar-refractivity contribution >= 4 is 11.6 Å². The van der Waals surface area contributed by atoms with Gasteiger partial charge in [0, 0.05) is 31.4 Å². The monoisotopic (exact) mass is 246 g/mol. The highest BCUT2D eigenvalue weighted by atomic mass is 35.5. The number of rotatable bonds is 5. The Balaban J connectivity index is 1.82. The molecule has 1 aromatic heterocycles. The molecular formula is C14H15ClN2. The average Bonchev–Trinajstić information content (AvgIpc) is 2.41. The zero-order chi connectivity index (χ0) is 11.9. The predicted octanol–water partition coefficient (Wildman–Crippen LogP) is 3.11. The van der Waals surface area contributed by atoms with Crippen LogP contribution in [-0.2, 0) is 19.0 Å². The second-order valence-corrected chi connectivity index (χ2v) is 4.18. The predicted molar refractivity (Wildman–Crippen MR) is 70.8 cm³/mol. The van der Waals surface area contributed by atoms with Gasteiger partial charge in [0.2, 0.25) is 0 Å². The van der Waals surface area contributed by atoms with Gasteiger partial charge in [-0.1, -0.05) is 30.3 Å². The first-order chi connectivity index (χ1) is 8.38. The third-order valence-corrected chi connectivity index (χ3v) is 2.87. The lowest BCUT2D eigenvalue weighted by Gasteiger charge is -2.05. The lowest BCUT2D eigenvalue weighted by molar-refractivity contribution is 0.691. The summed E-state index contributed by atoms with van der Waals surface area (Å²) in [6, 6.07) is 12.4. The fourth-order valence-corrected chi connectivity index (χ4v) is 1.78. The summed E-state index contributed by atoms with van der Waals surface area (Å²) in [6.45, 7) is 1.70. The zero-order valence-electron chi connectivity index (χ0n) is 9.57. The van der Waals surface area contributed by atoms with E-state index < -0.39 is 0 Å². The molecule has 1 heterocycles. The van der Waals surface area contributed by atoms with E-state index in [4.69, 9.17) is 11.6 Å². The topological polar surface area (TPSA) is 24.9 Å². The van der Waals surface area contributed by atoms with E-state index in [1.807, 2.05) is 12.3 Å². The van der Waals surface area contributed by atoms with Crippen molar-refractivity contribution in [2.75, 3.05) is 0 Å². The van der Waals surface area contributed by atoms with E-state index >= 15 is 0 Å². The van der Waals surface area contributed by atoms with Crippen molar-refractivity contribution in [3.8, 4) is 0 Å². The van der Waals surface area contributed by atoms with Crippen molar-refractivity contribution in [2.24, 2.45) is 0 Å². The Morgan fingerprint density at radius 1 is 0.941 bits per heavy atom. The van der Waals surface area contributed by atoms with Crippen LogP contribution in [0.25, 0.3) is 0 Å². The SMILES string of the molecule is ClCc1ccc(CNCc2cccnc2)cc1. The van der Waals surface area contributed by atoms with Gasteiger partial charge in [0.15, 0.2) is 0 Å². The first-order valence-corrected chi connectivity index (χ1v) is 6.15. The molecule has 1 N–H and O–H groups in total. The largest absolute Gasteiger partial charge is 0.309 e. The molecule has 0 bridgehead atoms. The molecule has 0 saturated carbocycles. The van der Waals surface area contributed by atoms with Crippen LogP contribution in [0.4, 0.5) is 0 Å². The molecule has 2 nitrogen and oxygen atoms in total. The van der Waals surface area contributed by atoms with Gasteiger partial charge in [-0.25, -0.2) is 0 Å². The lowest BCUT2D eigenvalue weighted by atomic mass is 10.1. The zero-order valence-corrected chi connectivity index (χ0v) is 10.3. The van der Waals surface area contributed by atoms with Gasteiger partial charge in [-0.05, 0) is 22.8 Å². The van der Waals surface area contributed by atoms with Crippen LogP contribution in [-0.4, -0.2) is 4.98 Å². The molecule has 17 heavy (non-hydrogen) atoms. The first-order valence-electron chi connectivity index (χ1n) is 5.62. The fraction of sp³-hybridized carbons (Fsp3) is 0.214. The quantitative estimate of drug-likeness (QED) is 0.820. The van der Waals surface area contributed by atoms with Gasteiger partial charge >= 0.3 is 0 Å². The van der Waals surface area contributed by atoms with E-state index in [2.05, 4.69) is 40.6 Å². The highest BCUT2D eigenvalue weighted by Gasteiger charge is 1.95. The van der Waals surface area contributed by atoms with Crippen molar-refractivity contribution in [1.82, 2.24) is 10.3 Å². The summed E-state index contributed by atoms with van der Waals surface area (Å²) in [4.78, 5) is 4.08. The maximum atomic E-state index is 5.74. The third kappa shape index (κ3) is 3.84. The highest BCUT2D eigenvalue weighted by Crippen LogP contribution is 2.06. The van der Waals surface area contributed by atoms with Crippen molar-refractivity contribution in [2.45, 2.75) is 19.0 Å². The average molecular weight is 247 g/mol. The smallest absolute Gasteiger partial charge is 0.0474 e. The number of aromatic nitrogens is 1. The van der Waals surface area contributed by atoms with E-state index in [-0.39, 0.29) is 0 Å². The van der Waals surface area contributed by atoms with Gasteiger partial charge in [0.05, 0.1) is 0 Å². The lowest BCUT2D eigenvalue weighted by Crippen LogP contribution is -2.12. The summed E-state index contributed by atoms with van der Waals surface area (Å²) >= 11 is 5.74. The maximum absolute atomic E-state index is 5.74. The second kappa shape index (κ2) is 6.38. The molecule has 2 aromatic rings. The normalized spacial score (nSPS) is 10.4. The van der Waals surface area contributed by atoms with E-state index in [1.54, 1.807) is 6.20 Å². The number of benzene rings is 1. The minimum absolute atomic E-state index is 0.573. The van der Waals surface area contributed by atoms with E-state index in [0.29, 0.717) is 5.88 Å². The van der Waals surface area contributed by atoms with Crippen LogP contribution in [0.5, 0.6) is 0 Å². The molecule has 0 aliphatic carbocycles. The number of hydrogen-bond donors (Lipinski definition) is 1. The molecule has 1 aromatic carbocycles. The molecular weight excluding hydrogens is 232 g/mol. The summed E-state index contributed by atoms with van der Waals surface area (Å²) in [7, 11) is 0. The van der Waals surface area contributed by atoms with Crippen molar-refractivity contribution in [3.05, 3.63) is 65.5 Å². The molecule has 0 spiro atoms. The molecule has 3 heteroatoms. The van der Waals surface area contributed by atoms with Crippen molar-refractivity contribution in [3.63, 3.8) is 0 Å². The molecule has 0 aliphatic rings. The second-order valence-electron chi connectivity index (χ2n) is 3.91. The molecule has 0 fully saturated rings. The van der Waals surface area contributed by atoms with Crippen molar-refractivity contribution in [1.29, 1.82) is 0 Å². The van der Waals surface area contributed by atoms with Gasteiger partial charge in [-0.15, -0.1) is 11.6 Å². The Labute approximate surface area is 107 Å². The minimum atomic E-state index is 0.573. The Morgan fingerprint density at radius 2 is 1.65 bits per heavy atom. The molecule has 0 aliphatic heterocycles. The van der Waals surface area contributed by atoms with E-state index in [1.165, 1.54) is 11.1 Å². The first kappa shape index (κ1) is 12.1. The molecule has 0 unspecified atom stereocenters. The Bertz CT molecular complexity index is 440. The van der Waals surface area contributed by atoms with Crippen LogP contribution < -0.4 is 5.32 Å². The molecule has 0 radical (unpaired) electrons. The van der Waals surface area contributed by atoms with Crippen LogP contribution in [0.1, 0.15) is 16.7 Å². The molecule has 0 saturated heterocycles.